The lowest BCUT2D eigenvalue weighted by Gasteiger charge is -2.20. The van der Waals surface area contributed by atoms with Crippen LogP contribution in [0.5, 0.6) is 0 Å². The van der Waals surface area contributed by atoms with Crippen LogP contribution >= 0.6 is 11.5 Å². The standard InChI is InChI=1S/C13H22N4O2S/c1-7(2)15-12(18)10-11(14)17-20-13(10)16-8(3)9-4-5-19-6-9/h7-9,16H,4-6H2,1-3H3,(H2,14,17)(H,15,18). The molecule has 1 aliphatic heterocycles. The van der Waals surface area contributed by atoms with Crippen LogP contribution in [0.2, 0.25) is 0 Å². The zero-order chi connectivity index (χ0) is 14.7. The minimum atomic E-state index is -0.177. The molecule has 0 spiro atoms. The van der Waals surface area contributed by atoms with Gasteiger partial charge in [-0.1, -0.05) is 0 Å². The van der Waals surface area contributed by atoms with Crippen molar-refractivity contribution in [2.45, 2.75) is 39.3 Å². The Kier molecular flexibility index (Phi) is 4.82. The Hall–Kier alpha value is -1.34. The van der Waals surface area contributed by atoms with Gasteiger partial charge in [0, 0.05) is 24.6 Å². The van der Waals surface area contributed by atoms with Crippen LogP contribution in [-0.4, -0.2) is 35.6 Å². The number of nitrogen functional groups attached to an aromatic ring is 1. The van der Waals surface area contributed by atoms with Gasteiger partial charge in [-0.15, -0.1) is 0 Å². The van der Waals surface area contributed by atoms with E-state index < -0.39 is 0 Å². The Bertz CT molecular complexity index is 469. The molecule has 0 radical (unpaired) electrons. The third-order valence-corrected chi connectivity index (χ3v) is 4.19. The SMILES string of the molecule is CC(C)NC(=O)c1c(N)nsc1NC(C)C1CCOC1. The minimum absolute atomic E-state index is 0.0651. The summed E-state index contributed by atoms with van der Waals surface area (Å²) < 4.78 is 9.48. The van der Waals surface area contributed by atoms with Crippen molar-refractivity contribution >= 4 is 28.3 Å². The van der Waals surface area contributed by atoms with E-state index in [1.165, 1.54) is 11.5 Å². The van der Waals surface area contributed by atoms with E-state index >= 15 is 0 Å². The molecule has 2 rings (SSSR count). The van der Waals surface area contributed by atoms with Gasteiger partial charge in [0.15, 0.2) is 5.82 Å². The number of hydrogen-bond acceptors (Lipinski definition) is 6. The van der Waals surface area contributed by atoms with Gasteiger partial charge in [0.2, 0.25) is 0 Å². The molecule has 2 heterocycles. The van der Waals surface area contributed by atoms with Crippen molar-refractivity contribution in [1.82, 2.24) is 9.69 Å². The first kappa shape index (κ1) is 15.1. The molecule has 0 saturated carbocycles. The zero-order valence-corrected chi connectivity index (χ0v) is 12.9. The first-order valence-electron chi connectivity index (χ1n) is 6.89. The summed E-state index contributed by atoms with van der Waals surface area (Å²) in [4.78, 5) is 12.2. The maximum absolute atomic E-state index is 12.2. The third kappa shape index (κ3) is 3.40. The van der Waals surface area contributed by atoms with Crippen LogP contribution in [0.25, 0.3) is 0 Å². The molecule has 6 nitrogen and oxygen atoms in total. The molecular formula is C13H22N4O2S. The van der Waals surface area contributed by atoms with Gasteiger partial charge < -0.3 is 21.1 Å². The van der Waals surface area contributed by atoms with Gasteiger partial charge >= 0.3 is 0 Å². The molecule has 1 saturated heterocycles. The number of nitrogens with zero attached hydrogens (tertiary/aromatic N) is 1. The van der Waals surface area contributed by atoms with Crippen molar-refractivity contribution < 1.29 is 9.53 Å². The second-order valence-corrected chi connectivity index (χ2v) is 6.23. The Balaban J connectivity index is 2.09. The third-order valence-electron chi connectivity index (χ3n) is 3.40. The number of nitrogens with two attached hydrogens (primary N) is 1. The van der Waals surface area contributed by atoms with Gasteiger partial charge in [-0.05, 0) is 38.7 Å². The molecule has 0 bridgehead atoms. The Morgan fingerprint density at radius 2 is 2.25 bits per heavy atom. The summed E-state index contributed by atoms with van der Waals surface area (Å²) >= 11 is 1.23. The first-order valence-corrected chi connectivity index (χ1v) is 7.66. The van der Waals surface area contributed by atoms with Crippen LogP contribution in [0.1, 0.15) is 37.6 Å². The summed E-state index contributed by atoms with van der Waals surface area (Å²) in [6.45, 7) is 7.50. The van der Waals surface area contributed by atoms with Gasteiger partial charge in [0.05, 0.1) is 6.61 Å². The van der Waals surface area contributed by atoms with Crippen LogP contribution in [0.3, 0.4) is 0 Å². The van der Waals surface area contributed by atoms with Crippen molar-refractivity contribution in [3.05, 3.63) is 5.56 Å². The number of aromatic nitrogens is 1. The topological polar surface area (TPSA) is 89.3 Å². The number of carbonyl (C=O) groups excluding carboxylic acids is 1. The molecule has 4 N–H and O–H groups in total. The Morgan fingerprint density at radius 3 is 2.85 bits per heavy atom. The fourth-order valence-electron chi connectivity index (χ4n) is 2.23. The van der Waals surface area contributed by atoms with Gasteiger partial charge in [-0.3, -0.25) is 4.79 Å². The number of amides is 1. The number of hydrogen-bond donors (Lipinski definition) is 3. The van der Waals surface area contributed by atoms with Crippen LogP contribution in [0, 0.1) is 5.92 Å². The highest BCUT2D eigenvalue weighted by atomic mass is 32.1. The number of ether oxygens (including phenoxy) is 1. The van der Waals surface area contributed by atoms with E-state index in [0.29, 0.717) is 11.5 Å². The normalized spacial score (nSPS) is 20.1. The summed E-state index contributed by atoms with van der Waals surface area (Å²) in [6.07, 6.45) is 1.04. The number of anilines is 2. The van der Waals surface area contributed by atoms with Crippen molar-refractivity contribution in [3.63, 3.8) is 0 Å². The largest absolute Gasteiger partial charge is 0.382 e. The van der Waals surface area contributed by atoms with E-state index in [2.05, 4.69) is 21.9 Å². The average Bonchev–Trinajstić information content (AvgIpc) is 2.98. The summed E-state index contributed by atoms with van der Waals surface area (Å²) in [6, 6.07) is 0.290. The molecule has 112 valence electrons. The van der Waals surface area contributed by atoms with E-state index in [4.69, 9.17) is 10.5 Å². The maximum atomic E-state index is 12.2. The fraction of sp³-hybridized carbons (Fsp3) is 0.692. The highest BCUT2D eigenvalue weighted by molar-refractivity contribution is 7.11. The average molecular weight is 298 g/mol. The Labute approximate surface area is 123 Å². The second kappa shape index (κ2) is 6.41. The maximum Gasteiger partial charge on any atom is 0.258 e. The van der Waals surface area contributed by atoms with Crippen molar-refractivity contribution in [2.75, 3.05) is 24.3 Å². The Morgan fingerprint density at radius 1 is 1.50 bits per heavy atom. The van der Waals surface area contributed by atoms with Crippen LogP contribution in [0.15, 0.2) is 0 Å². The molecular weight excluding hydrogens is 276 g/mol. The van der Waals surface area contributed by atoms with E-state index in [0.717, 1.165) is 24.6 Å². The second-order valence-electron chi connectivity index (χ2n) is 5.46. The van der Waals surface area contributed by atoms with E-state index in [9.17, 15) is 4.79 Å². The molecule has 1 aliphatic rings. The lowest BCUT2D eigenvalue weighted by atomic mass is 10.0. The molecule has 1 fully saturated rings. The summed E-state index contributed by atoms with van der Waals surface area (Å²) in [7, 11) is 0. The molecule has 0 aromatic carbocycles. The minimum Gasteiger partial charge on any atom is -0.382 e. The van der Waals surface area contributed by atoms with Crippen LogP contribution in [-0.2, 0) is 4.74 Å². The molecule has 0 aliphatic carbocycles. The number of rotatable bonds is 5. The molecule has 2 unspecified atom stereocenters. The van der Waals surface area contributed by atoms with E-state index in [-0.39, 0.29) is 23.8 Å². The van der Waals surface area contributed by atoms with Gasteiger partial charge in [0.1, 0.15) is 10.6 Å². The quantitative estimate of drug-likeness (QED) is 0.770. The lowest BCUT2D eigenvalue weighted by molar-refractivity contribution is 0.0945. The molecule has 1 amide bonds. The predicted molar refractivity (Wildman–Crippen MR) is 81.1 cm³/mol. The van der Waals surface area contributed by atoms with Crippen molar-refractivity contribution in [1.29, 1.82) is 0 Å². The predicted octanol–water partition coefficient (Wildman–Crippen LogP) is 1.70. The van der Waals surface area contributed by atoms with E-state index in [1.807, 2.05) is 13.8 Å². The monoisotopic (exact) mass is 298 g/mol. The summed E-state index contributed by atoms with van der Waals surface area (Å²) in [5, 5.41) is 6.95. The first-order chi connectivity index (χ1) is 9.49. The van der Waals surface area contributed by atoms with Gasteiger partial charge in [-0.25, -0.2) is 0 Å². The molecule has 7 heteroatoms. The zero-order valence-electron chi connectivity index (χ0n) is 12.1. The summed E-state index contributed by atoms with van der Waals surface area (Å²) in [5.74, 6) is 0.563. The van der Waals surface area contributed by atoms with Gasteiger partial charge in [-0.2, -0.15) is 4.37 Å². The molecule has 2 atom stereocenters. The van der Waals surface area contributed by atoms with E-state index in [1.54, 1.807) is 0 Å². The summed E-state index contributed by atoms with van der Waals surface area (Å²) in [5.41, 5.74) is 6.27. The molecule has 1 aromatic heterocycles. The van der Waals surface area contributed by atoms with Crippen LogP contribution in [0.4, 0.5) is 10.8 Å². The molecule has 20 heavy (non-hydrogen) atoms. The fourth-order valence-corrected chi connectivity index (χ4v) is 3.03. The van der Waals surface area contributed by atoms with Crippen LogP contribution < -0.4 is 16.4 Å². The highest BCUT2D eigenvalue weighted by Crippen LogP contribution is 2.29. The lowest BCUT2D eigenvalue weighted by Crippen LogP contribution is -2.32. The van der Waals surface area contributed by atoms with Gasteiger partial charge in [0.25, 0.3) is 5.91 Å². The van der Waals surface area contributed by atoms with Crippen molar-refractivity contribution in [2.24, 2.45) is 5.92 Å². The highest BCUT2D eigenvalue weighted by Gasteiger charge is 2.26. The molecule has 1 aromatic rings. The van der Waals surface area contributed by atoms with Crippen molar-refractivity contribution in [3.8, 4) is 0 Å². The number of nitrogens with one attached hydrogen (secondary N) is 2. The smallest absolute Gasteiger partial charge is 0.258 e. The number of carbonyl (C=O) groups is 1.